The maximum Gasteiger partial charge on any atom is 0.224 e. The van der Waals surface area contributed by atoms with Crippen LogP contribution in [0, 0.1) is 11.8 Å². The van der Waals surface area contributed by atoms with E-state index in [4.69, 9.17) is 0 Å². The SMILES string of the molecule is CC(=O)NCCNC(=O)[C@H]1CN2CC[C@@H]1C[C@@H]2Cn1cc(-c2ccccn2)nn1. The Morgan fingerprint density at radius 3 is 2.79 bits per heavy atom. The molecule has 3 aliphatic heterocycles. The summed E-state index contributed by atoms with van der Waals surface area (Å²) in [5, 5.41) is 14.2. The van der Waals surface area contributed by atoms with Crippen LogP contribution in [0.25, 0.3) is 11.4 Å². The number of fused-ring (bicyclic) bond motifs is 3. The van der Waals surface area contributed by atoms with Crippen LogP contribution in [-0.4, -0.2) is 68.9 Å². The summed E-state index contributed by atoms with van der Waals surface area (Å²) in [6.45, 7) is 4.99. The van der Waals surface area contributed by atoms with Crippen molar-refractivity contribution in [2.24, 2.45) is 11.8 Å². The topological polar surface area (TPSA) is 105 Å². The van der Waals surface area contributed by atoms with Crippen LogP contribution in [0.2, 0.25) is 0 Å². The molecule has 2 amide bonds. The lowest BCUT2D eigenvalue weighted by Crippen LogP contribution is -2.58. The number of nitrogens with one attached hydrogen (secondary N) is 2. The fraction of sp³-hybridized carbons (Fsp3) is 0.550. The number of nitrogens with zero attached hydrogens (tertiary/aromatic N) is 5. The van der Waals surface area contributed by atoms with Crippen molar-refractivity contribution in [3.05, 3.63) is 30.6 Å². The Labute approximate surface area is 169 Å². The Morgan fingerprint density at radius 1 is 1.21 bits per heavy atom. The van der Waals surface area contributed by atoms with Crippen molar-refractivity contribution >= 4 is 11.8 Å². The van der Waals surface area contributed by atoms with E-state index in [-0.39, 0.29) is 17.7 Å². The third-order valence-electron chi connectivity index (χ3n) is 5.88. The number of hydrogen-bond donors (Lipinski definition) is 2. The quantitative estimate of drug-likeness (QED) is 0.651. The van der Waals surface area contributed by atoms with Gasteiger partial charge in [-0.1, -0.05) is 11.3 Å². The van der Waals surface area contributed by atoms with Gasteiger partial charge in [-0.15, -0.1) is 5.10 Å². The van der Waals surface area contributed by atoms with Crippen molar-refractivity contribution in [1.29, 1.82) is 0 Å². The maximum atomic E-state index is 12.6. The van der Waals surface area contributed by atoms with Crippen LogP contribution >= 0.6 is 0 Å². The molecule has 154 valence electrons. The fourth-order valence-electron chi connectivity index (χ4n) is 4.42. The van der Waals surface area contributed by atoms with E-state index >= 15 is 0 Å². The summed E-state index contributed by atoms with van der Waals surface area (Å²) in [6.07, 6.45) is 5.73. The molecule has 5 rings (SSSR count). The zero-order valence-corrected chi connectivity index (χ0v) is 16.6. The molecule has 29 heavy (non-hydrogen) atoms. The van der Waals surface area contributed by atoms with E-state index < -0.39 is 0 Å². The molecule has 0 radical (unpaired) electrons. The fourth-order valence-corrected chi connectivity index (χ4v) is 4.42. The normalized spacial score (nSPS) is 25.6. The summed E-state index contributed by atoms with van der Waals surface area (Å²) in [5.74, 6) is 0.438. The highest BCUT2D eigenvalue weighted by molar-refractivity contribution is 5.79. The van der Waals surface area contributed by atoms with E-state index in [2.05, 4.69) is 30.8 Å². The second kappa shape index (κ2) is 8.69. The van der Waals surface area contributed by atoms with Gasteiger partial charge in [0.2, 0.25) is 11.8 Å². The Balaban J connectivity index is 1.31. The molecule has 4 atom stereocenters. The molecule has 3 saturated heterocycles. The second-order valence-corrected chi connectivity index (χ2v) is 7.85. The smallest absolute Gasteiger partial charge is 0.224 e. The molecule has 3 aliphatic rings. The molecule has 2 aromatic heterocycles. The van der Waals surface area contributed by atoms with Crippen LogP contribution < -0.4 is 10.6 Å². The zero-order valence-electron chi connectivity index (χ0n) is 16.6. The second-order valence-electron chi connectivity index (χ2n) is 7.85. The number of amides is 2. The minimum atomic E-state index is -0.0794. The van der Waals surface area contributed by atoms with Gasteiger partial charge in [0.1, 0.15) is 5.69 Å². The molecule has 0 aromatic carbocycles. The van der Waals surface area contributed by atoms with E-state index in [1.165, 1.54) is 6.92 Å². The Bertz CT molecular complexity index is 854. The van der Waals surface area contributed by atoms with Crippen molar-refractivity contribution in [2.45, 2.75) is 32.4 Å². The molecule has 0 aliphatic carbocycles. The minimum Gasteiger partial charge on any atom is -0.355 e. The standard InChI is InChI=1S/C20H27N7O2/c1-14(28)21-7-8-23-20(29)17-12-26-9-5-15(17)10-16(26)11-27-13-19(24-25-27)18-4-2-3-6-22-18/h2-4,6,13,15-17H,5,7-12H2,1H3,(H,21,28)(H,23,29)/t15-,16-,17+/m1/s1. The van der Waals surface area contributed by atoms with Crippen LogP contribution in [0.15, 0.2) is 30.6 Å². The highest BCUT2D eigenvalue weighted by Gasteiger charge is 2.43. The molecule has 1 unspecified atom stereocenters. The third kappa shape index (κ3) is 4.61. The first kappa shape index (κ1) is 19.5. The lowest BCUT2D eigenvalue weighted by molar-refractivity contribution is -0.133. The van der Waals surface area contributed by atoms with Gasteiger partial charge in [0, 0.05) is 38.8 Å². The van der Waals surface area contributed by atoms with E-state index in [9.17, 15) is 9.59 Å². The number of piperidine rings is 3. The number of rotatable bonds is 7. The van der Waals surface area contributed by atoms with Crippen molar-refractivity contribution < 1.29 is 9.59 Å². The zero-order chi connectivity index (χ0) is 20.2. The van der Waals surface area contributed by atoms with Crippen molar-refractivity contribution in [3.8, 4) is 11.4 Å². The highest BCUT2D eigenvalue weighted by Crippen LogP contribution is 2.37. The van der Waals surface area contributed by atoms with Gasteiger partial charge in [-0.25, -0.2) is 0 Å². The molecule has 9 nitrogen and oxygen atoms in total. The van der Waals surface area contributed by atoms with Gasteiger partial charge in [-0.2, -0.15) is 0 Å². The van der Waals surface area contributed by atoms with Crippen LogP contribution in [0.5, 0.6) is 0 Å². The summed E-state index contributed by atoms with van der Waals surface area (Å²) in [6, 6.07) is 6.12. The van der Waals surface area contributed by atoms with Gasteiger partial charge in [0.25, 0.3) is 0 Å². The van der Waals surface area contributed by atoms with Crippen LogP contribution in [0.3, 0.4) is 0 Å². The molecule has 5 heterocycles. The lowest BCUT2D eigenvalue weighted by Gasteiger charge is -2.49. The van der Waals surface area contributed by atoms with Crippen LogP contribution in [0.1, 0.15) is 19.8 Å². The molecule has 2 N–H and O–H groups in total. The van der Waals surface area contributed by atoms with Gasteiger partial charge in [-0.3, -0.25) is 24.2 Å². The van der Waals surface area contributed by atoms with Crippen molar-refractivity contribution in [2.75, 3.05) is 26.2 Å². The summed E-state index contributed by atoms with van der Waals surface area (Å²) in [5.41, 5.74) is 1.60. The first-order valence-electron chi connectivity index (χ1n) is 10.2. The lowest BCUT2D eigenvalue weighted by atomic mass is 9.75. The van der Waals surface area contributed by atoms with Gasteiger partial charge < -0.3 is 10.6 Å². The number of carbonyl (C=O) groups is 2. The molecule has 0 saturated carbocycles. The largest absolute Gasteiger partial charge is 0.355 e. The average molecular weight is 397 g/mol. The van der Waals surface area contributed by atoms with Crippen molar-refractivity contribution in [1.82, 2.24) is 35.5 Å². The number of pyridine rings is 1. The van der Waals surface area contributed by atoms with Crippen LogP contribution in [0.4, 0.5) is 0 Å². The average Bonchev–Trinajstić information content (AvgIpc) is 3.20. The van der Waals surface area contributed by atoms with E-state index in [0.717, 1.165) is 43.9 Å². The minimum absolute atomic E-state index is 0.0251. The summed E-state index contributed by atoms with van der Waals surface area (Å²) in [4.78, 5) is 30.2. The number of carbonyl (C=O) groups excluding carboxylic acids is 2. The first-order chi connectivity index (χ1) is 14.1. The Hall–Kier alpha value is -2.81. The Kier molecular flexibility index (Phi) is 5.84. The summed E-state index contributed by atoms with van der Waals surface area (Å²) < 4.78 is 1.89. The Morgan fingerprint density at radius 2 is 2.07 bits per heavy atom. The highest BCUT2D eigenvalue weighted by atomic mass is 16.2. The van der Waals surface area contributed by atoms with Gasteiger partial charge in [-0.05, 0) is 37.4 Å². The van der Waals surface area contributed by atoms with E-state index in [1.807, 2.05) is 29.1 Å². The van der Waals surface area contributed by atoms with Crippen LogP contribution in [-0.2, 0) is 16.1 Å². The molecular weight excluding hydrogens is 370 g/mol. The molecular formula is C20H27N7O2. The third-order valence-corrected chi connectivity index (χ3v) is 5.88. The molecule has 2 aromatic rings. The van der Waals surface area contributed by atoms with Gasteiger partial charge in [0.15, 0.2) is 0 Å². The predicted octanol–water partition coefficient (Wildman–Crippen LogP) is 0.303. The van der Waals surface area contributed by atoms with E-state index in [0.29, 0.717) is 25.0 Å². The van der Waals surface area contributed by atoms with Crippen molar-refractivity contribution in [3.63, 3.8) is 0 Å². The first-order valence-corrected chi connectivity index (χ1v) is 10.2. The monoisotopic (exact) mass is 397 g/mol. The van der Waals surface area contributed by atoms with Gasteiger partial charge in [0.05, 0.1) is 24.4 Å². The van der Waals surface area contributed by atoms with E-state index in [1.54, 1.807) is 6.20 Å². The molecule has 0 spiro atoms. The molecule has 2 bridgehead atoms. The summed E-state index contributed by atoms with van der Waals surface area (Å²) >= 11 is 0. The molecule has 9 heteroatoms. The van der Waals surface area contributed by atoms with Gasteiger partial charge >= 0.3 is 0 Å². The molecule has 3 fully saturated rings. The number of hydrogen-bond acceptors (Lipinski definition) is 6. The summed E-state index contributed by atoms with van der Waals surface area (Å²) in [7, 11) is 0. The maximum absolute atomic E-state index is 12.6. The predicted molar refractivity (Wildman–Crippen MR) is 107 cm³/mol. The number of aromatic nitrogens is 4.